The molecule has 0 unspecified atom stereocenters. The number of thiocarbonyl (C=S) groups is 1. The van der Waals surface area contributed by atoms with E-state index in [1.807, 2.05) is 24.3 Å². The number of benzene rings is 2. The Bertz CT molecular complexity index is 585. The largest absolute Gasteiger partial charge is 0.399 e. The van der Waals surface area contributed by atoms with Gasteiger partial charge in [0.05, 0.1) is 0 Å². The average molecular weight is 285 g/mol. The molecule has 3 nitrogen and oxygen atoms in total. The Labute approximate surface area is 125 Å². The highest BCUT2D eigenvalue weighted by molar-refractivity contribution is 7.80. The van der Waals surface area contributed by atoms with Crippen LogP contribution in [-0.4, -0.2) is 5.11 Å². The van der Waals surface area contributed by atoms with Crippen LogP contribution in [0.4, 0.5) is 11.4 Å². The van der Waals surface area contributed by atoms with Crippen molar-refractivity contribution in [3.63, 3.8) is 0 Å². The molecular formula is C16H19N3S. The maximum atomic E-state index is 5.64. The molecule has 0 saturated carbocycles. The molecule has 0 bridgehead atoms. The van der Waals surface area contributed by atoms with E-state index in [1.54, 1.807) is 0 Å². The van der Waals surface area contributed by atoms with E-state index in [2.05, 4.69) is 42.7 Å². The van der Waals surface area contributed by atoms with Gasteiger partial charge in [0.2, 0.25) is 0 Å². The van der Waals surface area contributed by atoms with Gasteiger partial charge in [-0.3, -0.25) is 0 Å². The predicted octanol–water partition coefficient (Wildman–Crippen LogP) is 3.37. The van der Waals surface area contributed by atoms with Crippen LogP contribution >= 0.6 is 12.2 Å². The molecule has 0 atom stereocenters. The number of aryl methyl sites for hydroxylation is 2. The van der Waals surface area contributed by atoms with Gasteiger partial charge in [0.25, 0.3) is 0 Å². The quantitative estimate of drug-likeness (QED) is 0.598. The van der Waals surface area contributed by atoms with Gasteiger partial charge in [0.15, 0.2) is 5.11 Å². The molecule has 4 heteroatoms. The Morgan fingerprint density at radius 3 is 2.25 bits per heavy atom. The SMILES string of the molecule is Cc1cc(C)cc(CNC(=S)Nc2ccc(N)cc2)c1. The van der Waals surface area contributed by atoms with Gasteiger partial charge in [-0.15, -0.1) is 0 Å². The fourth-order valence-electron chi connectivity index (χ4n) is 2.10. The van der Waals surface area contributed by atoms with Crippen LogP contribution in [-0.2, 0) is 6.54 Å². The van der Waals surface area contributed by atoms with E-state index in [-0.39, 0.29) is 0 Å². The lowest BCUT2D eigenvalue weighted by Gasteiger charge is -2.11. The second-order valence-electron chi connectivity index (χ2n) is 4.93. The van der Waals surface area contributed by atoms with Crippen LogP contribution in [0.1, 0.15) is 16.7 Å². The number of hydrogen-bond donors (Lipinski definition) is 3. The van der Waals surface area contributed by atoms with Gasteiger partial charge in [0.1, 0.15) is 0 Å². The first-order valence-corrected chi connectivity index (χ1v) is 6.91. The fourth-order valence-corrected chi connectivity index (χ4v) is 2.29. The van der Waals surface area contributed by atoms with Gasteiger partial charge in [-0.25, -0.2) is 0 Å². The fraction of sp³-hybridized carbons (Fsp3) is 0.188. The molecule has 0 fully saturated rings. The minimum atomic E-state index is 0.605. The third-order valence-electron chi connectivity index (χ3n) is 2.90. The first kappa shape index (κ1) is 14.3. The van der Waals surface area contributed by atoms with E-state index < -0.39 is 0 Å². The summed E-state index contributed by atoms with van der Waals surface area (Å²) in [7, 11) is 0. The van der Waals surface area contributed by atoms with Gasteiger partial charge >= 0.3 is 0 Å². The summed E-state index contributed by atoms with van der Waals surface area (Å²) >= 11 is 5.28. The number of anilines is 2. The van der Waals surface area contributed by atoms with Crippen molar-refractivity contribution >= 4 is 28.7 Å². The molecule has 20 heavy (non-hydrogen) atoms. The molecule has 104 valence electrons. The van der Waals surface area contributed by atoms with E-state index in [1.165, 1.54) is 16.7 Å². The third-order valence-corrected chi connectivity index (χ3v) is 3.15. The number of rotatable bonds is 3. The third kappa shape index (κ3) is 4.24. The van der Waals surface area contributed by atoms with Crippen molar-refractivity contribution in [3.05, 3.63) is 59.2 Å². The lowest BCUT2D eigenvalue weighted by atomic mass is 10.1. The lowest BCUT2D eigenvalue weighted by Crippen LogP contribution is -2.27. The molecule has 4 N–H and O–H groups in total. The highest BCUT2D eigenvalue weighted by Gasteiger charge is 1.99. The van der Waals surface area contributed by atoms with Crippen molar-refractivity contribution < 1.29 is 0 Å². The Hall–Kier alpha value is -2.07. The summed E-state index contributed by atoms with van der Waals surface area (Å²) in [5.41, 5.74) is 11.1. The Balaban J connectivity index is 1.90. The zero-order chi connectivity index (χ0) is 14.5. The smallest absolute Gasteiger partial charge is 0.171 e. The van der Waals surface area contributed by atoms with Crippen LogP contribution in [0.25, 0.3) is 0 Å². The Kier molecular flexibility index (Phi) is 4.58. The summed E-state index contributed by atoms with van der Waals surface area (Å²) in [6.45, 7) is 4.91. The van der Waals surface area contributed by atoms with Crippen LogP contribution in [0.2, 0.25) is 0 Å². The number of nitrogens with two attached hydrogens (primary N) is 1. The molecule has 0 aliphatic rings. The zero-order valence-electron chi connectivity index (χ0n) is 11.7. The molecule has 0 radical (unpaired) electrons. The number of nitrogens with one attached hydrogen (secondary N) is 2. The molecule has 0 aliphatic heterocycles. The van der Waals surface area contributed by atoms with Crippen LogP contribution in [0, 0.1) is 13.8 Å². The number of hydrogen-bond acceptors (Lipinski definition) is 2. The molecule has 0 saturated heterocycles. The molecule has 0 spiro atoms. The summed E-state index contributed by atoms with van der Waals surface area (Å²) in [5.74, 6) is 0. The van der Waals surface area contributed by atoms with Crippen LogP contribution < -0.4 is 16.4 Å². The van der Waals surface area contributed by atoms with Gasteiger partial charge in [-0.1, -0.05) is 29.3 Å². The Morgan fingerprint density at radius 2 is 1.65 bits per heavy atom. The summed E-state index contributed by atoms with van der Waals surface area (Å²) in [6.07, 6.45) is 0. The van der Waals surface area contributed by atoms with E-state index in [4.69, 9.17) is 18.0 Å². The molecule has 0 aromatic heterocycles. The maximum Gasteiger partial charge on any atom is 0.171 e. The van der Waals surface area contributed by atoms with Crippen LogP contribution in [0.3, 0.4) is 0 Å². The highest BCUT2D eigenvalue weighted by atomic mass is 32.1. The highest BCUT2D eigenvalue weighted by Crippen LogP contribution is 2.11. The molecule has 2 aromatic carbocycles. The monoisotopic (exact) mass is 285 g/mol. The van der Waals surface area contributed by atoms with E-state index in [0.29, 0.717) is 11.7 Å². The predicted molar refractivity (Wildman–Crippen MR) is 89.8 cm³/mol. The minimum Gasteiger partial charge on any atom is -0.399 e. The summed E-state index contributed by atoms with van der Waals surface area (Å²) in [4.78, 5) is 0. The zero-order valence-corrected chi connectivity index (χ0v) is 12.6. The molecular weight excluding hydrogens is 266 g/mol. The van der Waals surface area contributed by atoms with E-state index in [0.717, 1.165) is 11.4 Å². The summed E-state index contributed by atoms with van der Waals surface area (Å²) < 4.78 is 0. The van der Waals surface area contributed by atoms with E-state index >= 15 is 0 Å². The van der Waals surface area contributed by atoms with Gasteiger partial charge in [-0.2, -0.15) is 0 Å². The molecule has 0 amide bonds. The summed E-state index contributed by atoms with van der Waals surface area (Å²) in [5, 5.41) is 6.94. The maximum absolute atomic E-state index is 5.64. The van der Waals surface area contributed by atoms with Crippen molar-refractivity contribution in [2.24, 2.45) is 0 Å². The first-order chi connectivity index (χ1) is 9.52. The average Bonchev–Trinajstić information content (AvgIpc) is 2.38. The Morgan fingerprint density at radius 1 is 1.05 bits per heavy atom. The van der Waals surface area contributed by atoms with Crippen molar-refractivity contribution in [1.29, 1.82) is 0 Å². The van der Waals surface area contributed by atoms with Crippen molar-refractivity contribution in [2.75, 3.05) is 11.1 Å². The lowest BCUT2D eigenvalue weighted by molar-refractivity contribution is 0.921. The second-order valence-corrected chi connectivity index (χ2v) is 5.33. The van der Waals surface area contributed by atoms with Gasteiger partial charge in [-0.05, 0) is 55.9 Å². The van der Waals surface area contributed by atoms with E-state index in [9.17, 15) is 0 Å². The summed E-state index contributed by atoms with van der Waals surface area (Å²) in [6, 6.07) is 14.0. The van der Waals surface area contributed by atoms with Gasteiger partial charge in [0, 0.05) is 17.9 Å². The van der Waals surface area contributed by atoms with Crippen molar-refractivity contribution in [1.82, 2.24) is 5.32 Å². The van der Waals surface area contributed by atoms with Crippen molar-refractivity contribution in [3.8, 4) is 0 Å². The molecule has 0 aliphatic carbocycles. The standard InChI is InChI=1S/C16H19N3S/c1-11-7-12(2)9-13(8-11)10-18-16(20)19-15-5-3-14(17)4-6-15/h3-9H,10,17H2,1-2H3,(H2,18,19,20). The first-order valence-electron chi connectivity index (χ1n) is 6.50. The second kappa shape index (κ2) is 6.39. The van der Waals surface area contributed by atoms with Crippen LogP contribution in [0.15, 0.2) is 42.5 Å². The topological polar surface area (TPSA) is 50.1 Å². The van der Waals surface area contributed by atoms with Gasteiger partial charge < -0.3 is 16.4 Å². The van der Waals surface area contributed by atoms with Crippen molar-refractivity contribution in [2.45, 2.75) is 20.4 Å². The molecule has 2 rings (SSSR count). The van der Waals surface area contributed by atoms with Crippen LogP contribution in [0.5, 0.6) is 0 Å². The molecule has 2 aromatic rings. The normalized spacial score (nSPS) is 10.1. The number of nitrogen functional groups attached to an aromatic ring is 1. The minimum absolute atomic E-state index is 0.605. The molecule has 0 heterocycles.